The fraction of sp³-hybridized carbons (Fsp3) is 0.800. The van der Waals surface area contributed by atoms with E-state index in [1.54, 1.807) is 0 Å². The molecule has 0 aromatic rings. The number of carbonyl (C=O) groups is 2. The van der Waals surface area contributed by atoms with Crippen molar-refractivity contribution in [2.24, 2.45) is 5.84 Å². The van der Waals surface area contributed by atoms with Crippen LogP contribution in [0.2, 0.25) is 0 Å². The maximum absolute atomic E-state index is 11.7. The predicted octanol–water partition coefficient (Wildman–Crippen LogP) is 0.0559. The van der Waals surface area contributed by atoms with Crippen LogP contribution in [0.5, 0.6) is 0 Å². The minimum atomic E-state index is -0.553. The normalized spacial score (nSPS) is 12.3. The number of nitrogens with zero attached hydrogens (tertiary/aromatic N) is 1. The first-order valence-corrected chi connectivity index (χ1v) is 5.41. The van der Waals surface area contributed by atoms with Gasteiger partial charge in [-0.3, -0.25) is 15.4 Å². The Bertz CT molecular complexity index is 215. The number of ketones is 1. The van der Waals surface area contributed by atoms with Gasteiger partial charge in [0.05, 0.1) is 6.04 Å². The zero-order valence-corrected chi connectivity index (χ0v) is 9.75. The number of Topliss-reactive ketones (excluding diaryl/α,β-unsaturated/α-hetero) is 1. The Morgan fingerprint density at radius 2 is 1.80 bits per heavy atom. The molecule has 0 bridgehead atoms. The van der Waals surface area contributed by atoms with Gasteiger partial charge in [-0.05, 0) is 20.3 Å². The molecule has 0 heterocycles. The molecule has 5 nitrogen and oxygen atoms in total. The first-order chi connectivity index (χ1) is 7.12. The summed E-state index contributed by atoms with van der Waals surface area (Å²) in [5.74, 6) is 4.35. The SMILES string of the molecule is CCCC(NN)C(=O)C(=O)N(CC)CC. The van der Waals surface area contributed by atoms with E-state index in [1.165, 1.54) is 4.90 Å². The molecule has 0 aliphatic heterocycles. The monoisotopic (exact) mass is 215 g/mol. The van der Waals surface area contributed by atoms with Crippen LogP contribution in [0.3, 0.4) is 0 Å². The molecule has 0 aliphatic carbocycles. The Morgan fingerprint density at radius 1 is 1.27 bits per heavy atom. The second-order valence-corrected chi connectivity index (χ2v) is 3.35. The van der Waals surface area contributed by atoms with Crippen LogP contribution in [-0.2, 0) is 9.59 Å². The van der Waals surface area contributed by atoms with Gasteiger partial charge in [-0.15, -0.1) is 0 Å². The summed E-state index contributed by atoms with van der Waals surface area (Å²) >= 11 is 0. The molecule has 15 heavy (non-hydrogen) atoms. The van der Waals surface area contributed by atoms with Gasteiger partial charge in [-0.1, -0.05) is 13.3 Å². The molecule has 0 saturated heterocycles. The maximum atomic E-state index is 11.7. The minimum absolute atomic E-state index is 0.442. The van der Waals surface area contributed by atoms with Crippen molar-refractivity contribution in [2.75, 3.05) is 13.1 Å². The lowest BCUT2D eigenvalue weighted by molar-refractivity contribution is -0.145. The molecule has 0 spiro atoms. The Hall–Kier alpha value is -0.940. The molecule has 0 rings (SSSR count). The van der Waals surface area contributed by atoms with Gasteiger partial charge in [0.1, 0.15) is 0 Å². The first-order valence-electron chi connectivity index (χ1n) is 5.41. The van der Waals surface area contributed by atoms with E-state index in [0.29, 0.717) is 19.5 Å². The summed E-state index contributed by atoms with van der Waals surface area (Å²) in [6.45, 7) is 6.73. The van der Waals surface area contributed by atoms with E-state index < -0.39 is 17.7 Å². The van der Waals surface area contributed by atoms with Crippen molar-refractivity contribution in [3.8, 4) is 0 Å². The summed E-state index contributed by atoms with van der Waals surface area (Å²) in [5.41, 5.74) is 2.39. The number of hydrogen-bond acceptors (Lipinski definition) is 4. The van der Waals surface area contributed by atoms with Crippen LogP contribution in [0.15, 0.2) is 0 Å². The van der Waals surface area contributed by atoms with Crippen LogP contribution in [0.4, 0.5) is 0 Å². The summed E-state index contributed by atoms with van der Waals surface area (Å²) in [6.07, 6.45) is 1.40. The molecule has 0 aliphatic rings. The third-order valence-electron chi connectivity index (χ3n) is 2.36. The van der Waals surface area contributed by atoms with E-state index in [1.807, 2.05) is 20.8 Å². The Morgan fingerprint density at radius 3 is 2.13 bits per heavy atom. The Labute approximate surface area is 91.0 Å². The second-order valence-electron chi connectivity index (χ2n) is 3.35. The van der Waals surface area contributed by atoms with E-state index in [4.69, 9.17) is 5.84 Å². The van der Waals surface area contributed by atoms with E-state index in [2.05, 4.69) is 5.43 Å². The summed E-state index contributed by atoms with van der Waals surface area (Å²) in [5, 5.41) is 0. The largest absolute Gasteiger partial charge is 0.337 e. The molecule has 1 amide bonds. The molecular weight excluding hydrogens is 194 g/mol. The number of amides is 1. The highest BCUT2D eigenvalue weighted by molar-refractivity contribution is 6.38. The van der Waals surface area contributed by atoms with Gasteiger partial charge in [-0.2, -0.15) is 0 Å². The number of rotatable bonds is 7. The van der Waals surface area contributed by atoms with E-state index in [-0.39, 0.29) is 0 Å². The van der Waals surface area contributed by atoms with Crippen LogP contribution in [-0.4, -0.2) is 35.7 Å². The van der Waals surface area contributed by atoms with Crippen molar-refractivity contribution in [3.63, 3.8) is 0 Å². The minimum Gasteiger partial charge on any atom is -0.337 e. The van der Waals surface area contributed by atoms with Gasteiger partial charge in [0.2, 0.25) is 5.78 Å². The zero-order valence-electron chi connectivity index (χ0n) is 9.75. The van der Waals surface area contributed by atoms with E-state index in [0.717, 1.165) is 6.42 Å². The van der Waals surface area contributed by atoms with Crippen molar-refractivity contribution in [2.45, 2.75) is 39.7 Å². The zero-order chi connectivity index (χ0) is 11.8. The topological polar surface area (TPSA) is 75.4 Å². The molecule has 88 valence electrons. The highest BCUT2D eigenvalue weighted by atomic mass is 16.2. The highest BCUT2D eigenvalue weighted by Gasteiger charge is 2.26. The van der Waals surface area contributed by atoms with Crippen LogP contribution < -0.4 is 11.3 Å². The van der Waals surface area contributed by atoms with Crippen molar-refractivity contribution in [1.29, 1.82) is 0 Å². The molecule has 1 unspecified atom stereocenters. The molecule has 3 N–H and O–H groups in total. The van der Waals surface area contributed by atoms with Crippen LogP contribution in [0.25, 0.3) is 0 Å². The standard InChI is InChI=1S/C10H21N3O2/c1-4-7-8(12-11)9(14)10(15)13(5-2)6-3/h8,12H,4-7,11H2,1-3H3. The fourth-order valence-electron chi connectivity index (χ4n) is 1.39. The van der Waals surface area contributed by atoms with Gasteiger partial charge in [0.15, 0.2) is 0 Å². The number of likely N-dealkylation sites (N-methyl/N-ethyl adjacent to an activating group) is 1. The lowest BCUT2D eigenvalue weighted by atomic mass is 10.1. The number of nitrogens with two attached hydrogens (primary N) is 1. The fourth-order valence-corrected chi connectivity index (χ4v) is 1.39. The van der Waals surface area contributed by atoms with Gasteiger partial charge in [-0.25, -0.2) is 5.43 Å². The Kier molecular flexibility index (Phi) is 6.90. The average Bonchev–Trinajstić information content (AvgIpc) is 2.26. The molecule has 0 saturated carbocycles. The maximum Gasteiger partial charge on any atom is 0.291 e. The van der Waals surface area contributed by atoms with Crippen molar-refractivity contribution in [1.82, 2.24) is 10.3 Å². The lowest BCUT2D eigenvalue weighted by Gasteiger charge is -2.20. The lowest BCUT2D eigenvalue weighted by Crippen LogP contribution is -2.49. The summed E-state index contributed by atoms with van der Waals surface area (Å²) in [6, 6.07) is -0.553. The van der Waals surface area contributed by atoms with Gasteiger partial charge >= 0.3 is 0 Å². The summed E-state index contributed by atoms with van der Waals surface area (Å²) in [7, 11) is 0. The second kappa shape index (κ2) is 7.36. The smallest absolute Gasteiger partial charge is 0.291 e. The van der Waals surface area contributed by atoms with E-state index in [9.17, 15) is 9.59 Å². The third kappa shape index (κ3) is 3.97. The molecular formula is C10H21N3O2. The van der Waals surface area contributed by atoms with Crippen molar-refractivity contribution >= 4 is 11.7 Å². The molecule has 0 fully saturated rings. The third-order valence-corrected chi connectivity index (χ3v) is 2.36. The average molecular weight is 215 g/mol. The molecule has 5 heteroatoms. The van der Waals surface area contributed by atoms with Crippen molar-refractivity contribution in [3.05, 3.63) is 0 Å². The van der Waals surface area contributed by atoms with Crippen LogP contribution in [0, 0.1) is 0 Å². The number of nitrogens with one attached hydrogen (secondary N) is 1. The first kappa shape index (κ1) is 14.1. The van der Waals surface area contributed by atoms with Crippen molar-refractivity contribution < 1.29 is 9.59 Å². The highest BCUT2D eigenvalue weighted by Crippen LogP contribution is 2.00. The van der Waals surface area contributed by atoms with E-state index >= 15 is 0 Å². The van der Waals surface area contributed by atoms with Gasteiger partial charge in [0, 0.05) is 13.1 Å². The molecule has 0 aromatic heterocycles. The quantitative estimate of drug-likeness (QED) is 0.357. The Balaban J connectivity index is 4.45. The summed E-state index contributed by atoms with van der Waals surface area (Å²) in [4.78, 5) is 24.9. The predicted molar refractivity (Wildman–Crippen MR) is 59.0 cm³/mol. The van der Waals surface area contributed by atoms with Crippen LogP contribution in [0.1, 0.15) is 33.6 Å². The van der Waals surface area contributed by atoms with Gasteiger partial charge < -0.3 is 4.90 Å². The summed E-state index contributed by atoms with van der Waals surface area (Å²) < 4.78 is 0. The van der Waals surface area contributed by atoms with Gasteiger partial charge in [0.25, 0.3) is 5.91 Å². The molecule has 1 atom stereocenters. The van der Waals surface area contributed by atoms with Crippen LogP contribution >= 0.6 is 0 Å². The number of hydrazine groups is 1. The molecule has 0 radical (unpaired) electrons. The number of carbonyl (C=O) groups excluding carboxylic acids is 2. The molecule has 0 aromatic carbocycles. The number of hydrogen-bond donors (Lipinski definition) is 2.